The molecule has 0 unspecified atom stereocenters. The van der Waals surface area contributed by atoms with E-state index in [0.717, 1.165) is 35.6 Å². The van der Waals surface area contributed by atoms with Gasteiger partial charge in [0.1, 0.15) is 18.2 Å². The van der Waals surface area contributed by atoms with Gasteiger partial charge in [-0.2, -0.15) is 0 Å². The molecule has 0 aliphatic carbocycles. The minimum atomic E-state index is 0.455. The molecule has 1 aromatic heterocycles. The van der Waals surface area contributed by atoms with Crippen LogP contribution in [-0.2, 0) is 13.2 Å². The third-order valence-electron chi connectivity index (χ3n) is 4.15. The summed E-state index contributed by atoms with van der Waals surface area (Å²) in [7, 11) is 0. The van der Waals surface area contributed by atoms with Gasteiger partial charge >= 0.3 is 0 Å². The molecular formula is C19H21ClN2O. The second kappa shape index (κ2) is 6.63. The Morgan fingerprint density at radius 3 is 2.78 bits per heavy atom. The maximum atomic E-state index is 6.09. The maximum Gasteiger partial charge on any atom is 0.147 e. The van der Waals surface area contributed by atoms with Gasteiger partial charge in [-0.1, -0.05) is 30.7 Å². The number of hydrogen-bond acceptors (Lipinski definition) is 2. The van der Waals surface area contributed by atoms with Crippen LogP contribution in [-0.4, -0.2) is 9.55 Å². The molecule has 0 aliphatic rings. The van der Waals surface area contributed by atoms with Crippen molar-refractivity contribution in [3.8, 4) is 5.75 Å². The SMILES string of the molecule is CCCn1c(COc2cccc(C)c2C)nc2cc(Cl)ccc21. The minimum absolute atomic E-state index is 0.455. The van der Waals surface area contributed by atoms with Gasteiger partial charge in [0.25, 0.3) is 0 Å². The largest absolute Gasteiger partial charge is 0.485 e. The highest BCUT2D eigenvalue weighted by atomic mass is 35.5. The Morgan fingerprint density at radius 1 is 1.17 bits per heavy atom. The van der Waals surface area contributed by atoms with Crippen LogP contribution in [0.4, 0.5) is 0 Å². The Labute approximate surface area is 141 Å². The summed E-state index contributed by atoms with van der Waals surface area (Å²) < 4.78 is 8.25. The summed E-state index contributed by atoms with van der Waals surface area (Å²) in [5.41, 5.74) is 4.44. The molecule has 3 rings (SSSR count). The molecule has 0 amide bonds. The van der Waals surface area contributed by atoms with Crippen LogP contribution >= 0.6 is 11.6 Å². The highest BCUT2D eigenvalue weighted by Gasteiger charge is 2.12. The first-order chi connectivity index (χ1) is 11.1. The van der Waals surface area contributed by atoms with Crippen molar-refractivity contribution in [2.24, 2.45) is 0 Å². The first-order valence-corrected chi connectivity index (χ1v) is 8.31. The number of aromatic nitrogens is 2. The smallest absolute Gasteiger partial charge is 0.147 e. The highest BCUT2D eigenvalue weighted by molar-refractivity contribution is 6.31. The van der Waals surface area contributed by atoms with Crippen LogP contribution in [0.5, 0.6) is 5.75 Å². The monoisotopic (exact) mass is 328 g/mol. The van der Waals surface area contributed by atoms with Crippen LogP contribution in [0.1, 0.15) is 30.3 Å². The molecule has 2 aromatic carbocycles. The van der Waals surface area contributed by atoms with Crippen molar-refractivity contribution in [3.63, 3.8) is 0 Å². The van der Waals surface area contributed by atoms with E-state index in [1.807, 2.05) is 30.3 Å². The fourth-order valence-corrected chi connectivity index (χ4v) is 2.93. The third kappa shape index (κ3) is 3.20. The molecule has 0 spiro atoms. The lowest BCUT2D eigenvalue weighted by Crippen LogP contribution is -2.07. The molecule has 4 heteroatoms. The number of hydrogen-bond donors (Lipinski definition) is 0. The van der Waals surface area contributed by atoms with E-state index >= 15 is 0 Å². The molecule has 0 fully saturated rings. The number of ether oxygens (including phenoxy) is 1. The van der Waals surface area contributed by atoms with Gasteiger partial charge in [0, 0.05) is 11.6 Å². The summed E-state index contributed by atoms with van der Waals surface area (Å²) >= 11 is 6.09. The second-order valence-corrected chi connectivity index (χ2v) is 6.24. The fourth-order valence-electron chi connectivity index (χ4n) is 2.76. The Balaban J connectivity index is 1.92. The number of fused-ring (bicyclic) bond motifs is 1. The molecule has 0 saturated heterocycles. The molecule has 120 valence electrons. The van der Waals surface area contributed by atoms with Gasteiger partial charge < -0.3 is 9.30 Å². The van der Waals surface area contributed by atoms with Crippen LogP contribution in [0.3, 0.4) is 0 Å². The molecule has 0 atom stereocenters. The summed E-state index contributed by atoms with van der Waals surface area (Å²) in [6.07, 6.45) is 1.05. The molecule has 3 nitrogen and oxygen atoms in total. The highest BCUT2D eigenvalue weighted by Crippen LogP contribution is 2.24. The third-order valence-corrected chi connectivity index (χ3v) is 4.38. The normalized spacial score (nSPS) is 11.1. The molecule has 1 heterocycles. The van der Waals surface area contributed by atoms with E-state index in [4.69, 9.17) is 21.3 Å². The summed E-state index contributed by atoms with van der Waals surface area (Å²) in [5, 5.41) is 0.709. The average Bonchev–Trinajstić information content (AvgIpc) is 2.86. The van der Waals surface area contributed by atoms with Crippen molar-refractivity contribution < 1.29 is 4.74 Å². The van der Waals surface area contributed by atoms with E-state index in [-0.39, 0.29) is 0 Å². The number of imidazole rings is 1. The van der Waals surface area contributed by atoms with Crippen molar-refractivity contribution in [2.45, 2.75) is 40.3 Å². The molecule has 0 saturated carbocycles. The summed E-state index contributed by atoms with van der Waals surface area (Å²) in [4.78, 5) is 4.71. The van der Waals surface area contributed by atoms with E-state index in [2.05, 4.69) is 31.4 Å². The van der Waals surface area contributed by atoms with E-state index in [9.17, 15) is 0 Å². The van der Waals surface area contributed by atoms with Gasteiger partial charge in [0.2, 0.25) is 0 Å². The predicted octanol–water partition coefficient (Wildman–Crippen LogP) is 5.30. The van der Waals surface area contributed by atoms with E-state index in [1.54, 1.807) is 0 Å². The molecule has 0 aliphatic heterocycles. The number of nitrogens with zero attached hydrogens (tertiary/aromatic N) is 2. The molecule has 23 heavy (non-hydrogen) atoms. The topological polar surface area (TPSA) is 27.1 Å². The number of aryl methyl sites for hydroxylation is 2. The number of rotatable bonds is 5. The lowest BCUT2D eigenvalue weighted by atomic mass is 10.1. The first-order valence-electron chi connectivity index (χ1n) is 7.94. The Morgan fingerprint density at radius 2 is 2.00 bits per heavy atom. The zero-order valence-corrected chi connectivity index (χ0v) is 14.5. The van der Waals surface area contributed by atoms with Gasteiger partial charge in [0.15, 0.2) is 0 Å². The zero-order chi connectivity index (χ0) is 16.4. The van der Waals surface area contributed by atoms with E-state index in [0.29, 0.717) is 11.6 Å². The van der Waals surface area contributed by atoms with Crippen LogP contribution in [0, 0.1) is 13.8 Å². The predicted molar refractivity (Wildman–Crippen MR) is 95.3 cm³/mol. The Kier molecular flexibility index (Phi) is 4.58. The van der Waals surface area contributed by atoms with E-state index in [1.165, 1.54) is 11.1 Å². The van der Waals surface area contributed by atoms with Crippen molar-refractivity contribution in [1.82, 2.24) is 9.55 Å². The van der Waals surface area contributed by atoms with Gasteiger partial charge in [-0.05, 0) is 55.7 Å². The number of benzene rings is 2. The second-order valence-electron chi connectivity index (χ2n) is 5.80. The summed E-state index contributed by atoms with van der Waals surface area (Å²) in [5.74, 6) is 1.85. The standard InChI is InChI=1S/C19H21ClN2O/c1-4-10-22-17-9-8-15(20)11-16(17)21-19(22)12-23-18-7-5-6-13(2)14(18)3/h5-9,11H,4,10,12H2,1-3H3. The van der Waals surface area contributed by atoms with Gasteiger partial charge in [-0.25, -0.2) is 4.98 Å². The zero-order valence-electron chi connectivity index (χ0n) is 13.8. The van der Waals surface area contributed by atoms with Crippen LogP contribution < -0.4 is 4.74 Å². The average molecular weight is 329 g/mol. The Bertz CT molecular complexity index is 839. The fraction of sp³-hybridized carbons (Fsp3) is 0.316. The molecule has 0 bridgehead atoms. The molecular weight excluding hydrogens is 308 g/mol. The lowest BCUT2D eigenvalue weighted by Gasteiger charge is -2.12. The molecule has 0 radical (unpaired) electrons. The van der Waals surface area contributed by atoms with Crippen molar-refractivity contribution >= 4 is 22.6 Å². The first kappa shape index (κ1) is 15.9. The van der Waals surface area contributed by atoms with Crippen LogP contribution in [0.15, 0.2) is 36.4 Å². The molecule has 3 aromatic rings. The van der Waals surface area contributed by atoms with Crippen LogP contribution in [0.2, 0.25) is 5.02 Å². The maximum absolute atomic E-state index is 6.09. The van der Waals surface area contributed by atoms with E-state index < -0.39 is 0 Å². The summed E-state index contributed by atoms with van der Waals surface area (Å²) in [6.45, 7) is 7.72. The van der Waals surface area contributed by atoms with Crippen LogP contribution in [0.25, 0.3) is 11.0 Å². The number of halogens is 1. The van der Waals surface area contributed by atoms with Crippen molar-refractivity contribution in [2.75, 3.05) is 0 Å². The summed E-state index contributed by atoms with van der Waals surface area (Å²) in [6, 6.07) is 12.0. The molecule has 0 N–H and O–H groups in total. The minimum Gasteiger partial charge on any atom is -0.485 e. The van der Waals surface area contributed by atoms with Gasteiger partial charge in [0.05, 0.1) is 11.0 Å². The Hall–Kier alpha value is -2.00. The van der Waals surface area contributed by atoms with Crippen molar-refractivity contribution in [3.05, 3.63) is 58.4 Å². The quantitative estimate of drug-likeness (QED) is 0.635. The van der Waals surface area contributed by atoms with Gasteiger partial charge in [-0.15, -0.1) is 0 Å². The van der Waals surface area contributed by atoms with Crippen molar-refractivity contribution in [1.29, 1.82) is 0 Å². The lowest BCUT2D eigenvalue weighted by molar-refractivity contribution is 0.288. The van der Waals surface area contributed by atoms with Gasteiger partial charge in [-0.3, -0.25) is 0 Å².